The van der Waals surface area contributed by atoms with E-state index in [0.29, 0.717) is 30.7 Å². The molecule has 1 N–H and O–H groups in total. The monoisotopic (exact) mass is 333 g/mol. The third-order valence-corrected chi connectivity index (χ3v) is 4.96. The van der Waals surface area contributed by atoms with Crippen LogP contribution < -0.4 is 10.2 Å². The molecule has 2 aliphatic rings. The lowest BCUT2D eigenvalue weighted by Gasteiger charge is -2.35. The lowest BCUT2D eigenvalue weighted by molar-refractivity contribution is 0.0531. The van der Waals surface area contributed by atoms with Crippen molar-refractivity contribution in [3.05, 3.63) is 23.9 Å². The van der Waals surface area contributed by atoms with Crippen LogP contribution in [0.3, 0.4) is 0 Å². The third kappa shape index (κ3) is 4.24. The number of methoxy groups -OCH3 is 1. The highest BCUT2D eigenvalue weighted by Crippen LogP contribution is 2.30. The molecule has 0 aromatic carbocycles. The molecule has 0 spiro atoms. The summed E-state index contributed by atoms with van der Waals surface area (Å²) in [7, 11) is 1.62. The molecule has 24 heavy (non-hydrogen) atoms. The number of rotatable bonds is 6. The molecule has 2 aliphatic heterocycles. The maximum atomic E-state index is 12.0. The second-order valence-electron chi connectivity index (χ2n) is 6.53. The van der Waals surface area contributed by atoms with Crippen LogP contribution in [0.15, 0.2) is 18.3 Å². The maximum absolute atomic E-state index is 12.0. The first-order chi connectivity index (χ1) is 11.8. The Morgan fingerprint density at radius 2 is 2.21 bits per heavy atom. The van der Waals surface area contributed by atoms with Crippen molar-refractivity contribution in [3.63, 3.8) is 0 Å². The molecule has 1 aromatic heterocycles. The van der Waals surface area contributed by atoms with Crippen LogP contribution in [-0.4, -0.2) is 57.0 Å². The number of piperidine rings is 1. The van der Waals surface area contributed by atoms with E-state index in [1.54, 1.807) is 13.3 Å². The molecular formula is C18H27N3O3. The molecule has 2 saturated heterocycles. The van der Waals surface area contributed by atoms with Crippen LogP contribution in [0.4, 0.5) is 5.82 Å². The van der Waals surface area contributed by atoms with Gasteiger partial charge in [0.1, 0.15) is 5.82 Å². The number of hydrogen-bond acceptors (Lipinski definition) is 5. The van der Waals surface area contributed by atoms with Gasteiger partial charge in [0, 0.05) is 39.5 Å². The summed E-state index contributed by atoms with van der Waals surface area (Å²) >= 11 is 0. The number of nitrogens with zero attached hydrogens (tertiary/aromatic N) is 2. The molecule has 1 aromatic rings. The SMILES string of the molecule is COCCNC(=O)c1ccc(N2CCC(C3CCCO3)CC2)nc1. The van der Waals surface area contributed by atoms with E-state index in [1.807, 2.05) is 12.1 Å². The molecule has 1 amide bonds. The fraction of sp³-hybridized carbons (Fsp3) is 0.667. The summed E-state index contributed by atoms with van der Waals surface area (Å²) in [6, 6.07) is 3.79. The van der Waals surface area contributed by atoms with Crippen LogP contribution in [-0.2, 0) is 9.47 Å². The number of carbonyl (C=O) groups is 1. The highest BCUT2D eigenvalue weighted by atomic mass is 16.5. The van der Waals surface area contributed by atoms with Gasteiger partial charge in [0.15, 0.2) is 0 Å². The summed E-state index contributed by atoms with van der Waals surface area (Å²) < 4.78 is 10.8. The Labute approximate surface area is 143 Å². The first kappa shape index (κ1) is 17.2. The standard InChI is InChI=1S/C18H27N3O3/c1-23-12-8-19-18(22)15-4-5-17(20-13-15)21-9-6-14(7-10-21)16-3-2-11-24-16/h4-5,13-14,16H,2-3,6-12H2,1H3,(H,19,22). The van der Waals surface area contributed by atoms with Crippen LogP contribution in [0.2, 0.25) is 0 Å². The zero-order chi connectivity index (χ0) is 16.8. The average Bonchev–Trinajstić information content (AvgIpc) is 3.17. The van der Waals surface area contributed by atoms with Crippen molar-refractivity contribution >= 4 is 11.7 Å². The van der Waals surface area contributed by atoms with Gasteiger partial charge < -0.3 is 19.7 Å². The Morgan fingerprint density at radius 1 is 1.38 bits per heavy atom. The van der Waals surface area contributed by atoms with Gasteiger partial charge in [0.2, 0.25) is 0 Å². The predicted molar refractivity (Wildman–Crippen MR) is 92.4 cm³/mol. The summed E-state index contributed by atoms with van der Waals surface area (Å²) in [5.74, 6) is 1.53. The van der Waals surface area contributed by atoms with Gasteiger partial charge >= 0.3 is 0 Å². The fourth-order valence-corrected chi connectivity index (χ4v) is 3.55. The molecule has 0 aliphatic carbocycles. The lowest BCUT2D eigenvalue weighted by atomic mass is 9.90. The summed E-state index contributed by atoms with van der Waals surface area (Å²) in [5.41, 5.74) is 0.587. The van der Waals surface area contributed by atoms with Crippen LogP contribution in [0.1, 0.15) is 36.0 Å². The number of amides is 1. The summed E-state index contributed by atoms with van der Waals surface area (Å²) in [6.45, 7) is 3.97. The number of nitrogens with one attached hydrogen (secondary N) is 1. The van der Waals surface area contributed by atoms with Crippen LogP contribution in [0.25, 0.3) is 0 Å². The van der Waals surface area contributed by atoms with Gasteiger partial charge in [-0.25, -0.2) is 4.98 Å². The quantitative estimate of drug-likeness (QED) is 0.805. The van der Waals surface area contributed by atoms with Gasteiger partial charge in [0.25, 0.3) is 5.91 Å². The molecule has 1 unspecified atom stereocenters. The topological polar surface area (TPSA) is 63.7 Å². The summed E-state index contributed by atoms with van der Waals surface area (Å²) in [6.07, 6.45) is 6.87. The van der Waals surface area contributed by atoms with Gasteiger partial charge in [-0.3, -0.25) is 4.79 Å². The van der Waals surface area contributed by atoms with E-state index in [2.05, 4.69) is 15.2 Å². The van der Waals surface area contributed by atoms with Gasteiger partial charge in [-0.15, -0.1) is 0 Å². The summed E-state index contributed by atoms with van der Waals surface area (Å²) in [4.78, 5) is 18.7. The van der Waals surface area contributed by atoms with E-state index in [9.17, 15) is 4.79 Å². The summed E-state index contributed by atoms with van der Waals surface area (Å²) in [5, 5.41) is 2.80. The van der Waals surface area contributed by atoms with Crippen molar-refractivity contribution in [2.45, 2.75) is 31.8 Å². The Morgan fingerprint density at radius 3 is 2.83 bits per heavy atom. The Kier molecular flexibility index (Phi) is 6.04. The molecule has 0 saturated carbocycles. The largest absolute Gasteiger partial charge is 0.383 e. The smallest absolute Gasteiger partial charge is 0.252 e. The normalized spacial score (nSPS) is 21.9. The Balaban J connectivity index is 1.50. The predicted octanol–water partition coefficient (Wildman–Crippen LogP) is 1.85. The number of hydrogen-bond donors (Lipinski definition) is 1. The molecule has 0 bridgehead atoms. The highest BCUT2D eigenvalue weighted by Gasteiger charge is 2.29. The number of carbonyl (C=O) groups excluding carboxylic acids is 1. The fourth-order valence-electron chi connectivity index (χ4n) is 3.55. The zero-order valence-electron chi connectivity index (χ0n) is 14.4. The number of aromatic nitrogens is 1. The average molecular weight is 333 g/mol. The van der Waals surface area contributed by atoms with Crippen molar-refractivity contribution in [3.8, 4) is 0 Å². The Hall–Kier alpha value is -1.66. The minimum atomic E-state index is -0.108. The van der Waals surface area contributed by atoms with Crippen molar-refractivity contribution in [2.75, 3.05) is 44.9 Å². The minimum absolute atomic E-state index is 0.108. The molecule has 1 atom stereocenters. The maximum Gasteiger partial charge on any atom is 0.252 e. The molecule has 3 rings (SSSR count). The molecular weight excluding hydrogens is 306 g/mol. The van der Waals surface area contributed by atoms with E-state index in [0.717, 1.165) is 38.4 Å². The minimum Gasteiger partial charge on any atom is -0.383 e. The molecule has 3 heterocycles. The van der Waals surface area contributed by atoms with E-state index in [-0.39, 0.29) is 5.91 Å². The molecule has 6 nitrogen and oxygen atoms in total. The first-order valence-corrected chi connectivity index (χ1v) is 8.87. The zero-order valence-corrected chi connectivity index (χ0v) is 14.4. The second-order valence-corrected chi connectivity index (χ2v) is 6.53. The van der Waals surface area contributed by atoms with Gasteiger partial charge in [0.05, 0.1) is 18.3 Å². The van der Waals surface area contributed by atoms with Gasteiger partial charge in [-0.1, -0.05) is 0 Å². The molecule has 6 heteroatoms. The number of pyridine rings is 1. The van der Waals surface area contributed by atoms with Crippen LogP contribution in [0.5, 0.6) is 0 Å². The highest BCUT2D eigenvalue weighted by molar-refractivity contribution is 5.94. The lowest BCUT2D eigenvalue weighted by Crippen LogP contribution is -2.38. The molecule has 132 valence electrons. The number of anilines is 1. The second kappa shape index (κ2) is 8.44. The van der Waals surface area contributed by atoms with E-state index in [4.69, 9.17) is 9.47 Å². The molecule has 0 radical (unpaired) electrons. The van der Waals surface area contributed by atoms with Crippen molar-refractivity contribution in [2.24, 2.45) is 5.92 Å². The van der Waals surface area contributed by atoms with Gasteiger partial charge in [-0.05, 0) is 43.7 Å². The van der Waals surface area contributed by atoms with Crippen molar-refractivity contribution < 1.29 is 14.3 Å². The Bertz CT molecular complexity index is 521. The third-order valence-electron chi connectivity index (χ3n) is 4.96. The van der Waals surface area contributed by atoms with Crippen molar-refractivity contribution in [1.29, 1.82) is 0 Å². The molecule has 2 fully saturated rings. The van der Waals surface area contributed by atoms with Gasteiger partial charge in [-0.2, -0.15) is 0 Å². The number of ether oxygens (including phenoxy) is 2. The van der Waals surface area contributed by atoms with Crippen LogP contribution >= 0.6 is 0 Å². The van der Waals surface area contributed by atoms with E-state index < -0.39 is 0 Å². The van der Waals surface area contributed by atoms with E-state index in [1.165, 1.54) is 12.8 Å². The van der Waals surface area contributed by atoms with Crippen LogP contribution in [0, 0.1) is 5.92 Å². The first-order valence-electron chi connectivity index (χ1n) is 8.87. The van der Waals surface area contributed by atoms with Crippen molar-refractivity contribution in [1.82, 2.24) is 10.3 Å². The van der Waals surface area contributed by atoms with E-state index >= 15 is 0 Å².